The molecule has 200 valence electrons. The van der Waals surface area contributed by atoms with Crippen LogP contribution in [0.5, 0.6) is 0 Å². The molecule has 0 saturated carbocycles. The van der Waals surface area contributed by atoms with Gasteiger partial charge in [-0.25, -0.2) is 0 Å². The molecule has 0 N–H and O–H groups in total. The smallest absolute Gasteiger partial charge is 0.0708 e. The maximum absolute atomic E-state index is 4.99. The number of fused-ring (bicyclic) bond motifs is 7. The van der Waals surface area contributed by atoms with E-state index in [-0.39, 0.29) is 0 Å². The summed E-state index contributed by atoms with van der Waals surface area (Å²) in [7, 11) is 0. The van der Waals surface area contributed by atoms with Gasteiger partial charge < -0.3 is 4.57 Å². The highest BCUT2D eigenvalue weighted by Crippen LogP contribution is 2.46. The molecule has 0 radical (unpaired) electrons. The monoisotopic (exact) mass is 546 g/mol. The Morgan fingerprint density at radius 3 is 1.79 bits per heavy atom. The Morgan fingerprint density at radius 1 is 0.395 bits per heavy atom. The van der Waals surface area contributed by atoms with E-state index in [1.165, 1.54) is 76.7 Å². The molecule has 7 aromatic carbocycles. The summed E-state index contributed by atoms with van der Waals surface area (Å²) in [5, 5.41) is 8.57. The average molecular weight is 547 g/mol. The summed E-state index contributed by atoms with van der Waals surface area (Å²) in [6, 6.07) is 54.5. The van der Waals surface area contributed by atoms with Crippen molar-refractivity contribution in [2.75, 3.05) is 0 Å². The topological polar surface area (TPSA) is 17.8 Å². The quantitative estimate of drug-likeness (QED) is 0.159. The van der Waals surface area contributed by atoms with Gasteiger partial charge in [-0.3, -0.25) is 4.98 Å². The number of pyridine rings is 1. The average Bonchev–Trinajstić information content (AvgIpc) is 3.41. The second-order valence-electron chi connectivity index (χ2n) is 11.1. The normalized spacial score (nSPS) is 11.7. The molecule has 2 aromatic heterocycles. The van der Waals surface area contributed by atoms with Crippen LogP contribution in [-0.2, 0) is 0 Å². The lowest BCUT2D eigenvalue weighted by molar-refractivity contribution is 1.18. The lowest BCUT2D eigenvalue weighted by atomic mass is 9.85. The van der Waals surface area contributed by atoms with Crippen molar-refractivity contribution in [1.82, 2.24) is 9.55 Å². The third kappa shape index (κ3) is 3.57. The molecule has 9 rings (SSSR count). The number of nitrogens with zero attached hydrogens (tertiary/aromatic N) is 2. The fraction of sp³-hybridized carbons (Fsp3) is 0. The highest BCUT2D eigenvalue weighted by atomic mass is 15.0. The zero-order valence-corrected chi connectivity index (χ0v) is 23.4. The van der Waals surface area contributed by atoms with E-state index in [9.17, 15) is 0 Å². The molecular weight excluding hydrogens is 520 g/mol. The highest BCUT2D eigenvalue weighted by Gasteiger charge is 2.20. The fourth-order valence-electron chi connectivity index (χ4n) is 7.00. The standard InChI is InChI=1S/C41H26N2/c1-3-13-27(14-4-1)40-32-19-8-7-18-31(32)39(35-26-42-36-21-11-9-20-33(36)41(35)40)28-23-24-38-34(25-28)30-17-10-12-22-37(30)43(38)29-15-5-2-6-16-29/h1-26H. The Kier molecular flexibility index (Phi) is 5.23. The van der Waals surface area contributed by atoms with Crippen molar-refractivity contribution in [1.29, 1.82) is 0 Å². The number of benzene rings is 7. The van der Waals surface area contributed by atoms with Gasteiger partial charge in [0.2, 0.25) is 0 Å². The summed E-state index contributed by atoms with van der Waals surface area (Å²) in [6.45, 7) is 0. The van der Waals surface area contributed by atoms with Gasteiger partial charge in [-0.15, -0.1) is 0 Å². The van der Waals surface area contributed by atoms with Crippen LogP contribution in [0.4, 0.5) is 0 Å². The van der Waals surface area contributed by atoms with E-state index in [1.807, 2.05) is 0 Å². The predicted molar refractivity (Wildman–Crippen MR) is 182 cm³/mol. The lowest BCUT2D eigenvalue weighted by Gasteiger charge is -2.19. The fourth-order valence-corrected chi connectivity index (χ4v) is 7.00. The first-order valence-corrected chi connectivity index (χ1v) is 14.7. The Bertz CT molecular complexity index is 2490. The molecule has 0 atom stereocenters. The summed E-state index contributed by atoms with van der Waals surface area (Å²) in [4.78, 5) is 4.99. The summed E-state index contributed by atoms with van der Waals surface area (Å²) < 4.78 is 2.37. The van der Waals surface area contributed by atoms with E-state index >= 15 is 0 Å². The van der Waals surface area contributed by atoms with Gasteiger partial charge in [0, 0.05) is 38.8 Å². The van der Waals surface area contributed by atoms with Crippen LogP contribution in [-0.4, -0.2) is 9.55 Å². The van der Waals surface area contributed by atoms with Crippen LogP contribution in [0.2, 0.25) is 0 Å². The Labute approximate surface area is 249 Å². The molecule has 0 fully saturated rings. The van der Waals surface area contributed by atoms with Crippen LogP contribution >= 0.6 is 0 Å². The number of para-hydroxylation sites is 3. The number of rotatable bonds is 3. The maximum Gasteiger partial charge on any atom is 0.0708 e. The Balaban J connectivity index is 1.44. The summed E-state index contributed by atoms with van der Waals surface area (Å²) in [5.41, 5.74) is 9.48. The van der Waals surface area contributed by atoms with Crippen molar-refractivity contribution in [3.63, 3.8) is 0 Å². The molecule has 0 amide bonds. The molecule has 0 saturated heterocycles. The molecular formula is C41H26N2. The SMILES string of the molecule is c1ccc(-c2c3ccccc3c(-c3ccc4c(c3)c3ccccc3n4-c3ccccc3)c3cnc4ccccc4c23)cc1. The first-order valence-electron chi connectivity index (χ1n) is 14.7. The summed E-state index contributed by atoms with van der Waals surface area (Å²) >= 11 is 0. The number of hydrogen-bond acceptors (Lipinski definition) is 1. The molecule has 2 nitrogen and oxygen atoms in total. The van der Waals surface area contributed by atoms with Crippen LogP contribution < -0.4 is 0 Å². The van der Waals surface area contributed by atoms with Crippen LogP contribution in [0.1, 0.15) is 0 Å². The van der Waals surface area contributed by atoms with Gasteiger partial charge in [0.1, 0.15) is 0 Å². The van der Waals surface area contributed by atoms with Gasteiger partial charge >= 0.3 is 0 Å². The third-order valence-electron chi connectivity index (χ3n) is 8.80. The maximum atomic E-state index is 4.99. The van der Waals surface area contributed by atoms with Gasteiger partial charge in [-0.2, -0.15) is 0 Å². The Morgan fingerprint density at radius 2 is 1.00 bits per heavy atom. The molecule has 9 aromatic rings. The van der Waals surface area contributed by atoms with E-state index in [2.05, 4.69) is 162 Å². The molecule has 0 bridgehead atoms. The number of aromatic nitrogens is 2. The zero-order valence-electron chi connectivity index (χ0n) is 23.4. The van der Waals surface area contributed by atoms with Crippen LogP contribution in [0.15, 0.2) is 158 Å². The van der Waals surface area contributed by atoms with Gasteiger partial charge in [0.25, 0.3) is 0 Å². The van der Waals surface area contributed by atoms with E-state index in [4.69, 9.17) is 4.98 Å². The second kappa shape index (κ2) is 9.40. The van der Waals surface area contributed by atoms with Gasteiger partial charge in [-0.1, -0.05) is 115 Å². The van der Waals surface area contributed by atoms with E-state index in [0.29, 0.717) is 0 Å². The van der Waals surface area contributed by atoms with Gasteiger partial charge in [0.05, 0.1) is 16.6 Å². The predicted octanol–water partition coefficient (Wildman–Crippen LogP) is 11.0. The first-order chi connectivity index (χ1) is 21.4. The summed E-state index contributed by atoms with van der Waals surface area (Å²) in [6.07, 6.45) is 2.09. The van der Waals surface area contributed by atoms with E-state index in [1.54, 1.807) is 0 Å². The van der Waals surface area contributed by atoms with Crippen LogP contribution in [0.3, 0.4) is 0 Å². The molecule has 2 heterocycles. The molecule has 2 heteroatoms. The number of hydrogen-bond donors (Lipinski definition) is 0. The molecule has 0 aliphatic rings. The van der Waals surface area contributed by atoms with Crippen LogP contribution in [0, 0.1) is 0 Å². The van der Waals surface area contributed by atoms with Gasteiger partial charge in [-0.05, 0) is 69.4 Å². The zero-order chi connectivity index (χ0) is 28.3. The van der Waals surface area contributed by atoms with E-state index < -0.39 is 0 Å². The Hall–Kier alpha value is -5.73. The summed E-state index contributed by atoms with van der Waals surface area (Å²) in [5.74, 6) is 0. The van der Waals surface area contributed by atoms with Crippen molar-refractivity contribution in [3.8, 4) is 27.9 Å². The first kappa shape index (κ1) is 23.9. The molecule has 0 spiro atoms. The third-order valence-corrected chi connectivity index (χ3v) is 8.80. The highest BCUT2D eigenvalue weighted by molar-refractivity contribution is 6.27. The molecule has 0 aliphatic carbocycles. The van der Waals surface area contributed by atoms with Gasteiger partial charge in [0.15, 0.2) is 0 Å². The van der Waals surface area contributed by atoms with Crippen molar-refractivity contribution in [3.05, 3.63) is 158 Å². The lowest BCUT2D eigenvalue weighted by Crippen LogP contribution is -1.94. The molecule has 43 heavy (non-hydrogen) atoms. The van der Waals surface area contributed by atoms with Crippen LogP contribution in [0.25, 0.3) is 82.2 Å². The largest absolute Gasteiger partial charge is 0.309 e. The van der Waals surface area contributed by atoms with Crippen molar-refractivity contribution in [2.45, 2.75) is 0 Å². The minimum atomic E-state index is 1.01. The van der Waals surface area contributed by atoms with Crippen molar-refractivity contribution in [2.24, 2.45) is 0 Å². The minimum Gasteiger partial charge on any atom is -0.309 e. The molecule has 0 unspecified atom stereocenters. The second-order valence-corrected chi connectivity index (χ2v) is 11.1. The van der Waals surface area contributed by atoms with E-state index in [0.717, 1.165) is 5.52 Å². The molecule has 0 aliphatic heterocycles. The minimum absolute atomic E-state index is 1.01. The van der Waals surface area contributed by atoms with Crippen molar-refractivity contribution < 1.29 is 0 Å². The van der Waals surface area contributed by atoms with Crippen molar-refractivity contribution >= 4 is 54.3 Å².